The molecule has 92 valence electrons. The van der Waals surface area contributed by atoms with Crippen LogP contribution < -0.4 is 5.32 Å². The molecule has 0 spiro atoms. The average Bonchev–Trinajstić information content (AvgIpc) is 2.37. The molecule has 0 aliphatic carbocycles. The molecule has 0 aliphatic rings. The smallest absolute Gasteiger partial charge is 0.287 e. The van der Waals surface area contributed by atoms with Crippen molar-refractivity contribution >= 4 is 11.5 Å². The summed E-state index contributed by atoms with van der Waals surface area (Å²) in [4.78, 5) is 14.0. The SMILES string of the molecule is Cc1cccc(CNc2ccc([N+](=O)[O-])cn2)c1. The third-order valence-electron chi connectivity index (χ3n) is 2.51. The topological polar surface area (TPSA) is 68.1 Å². The molecule has 0 aliphatic heterocycles. The van der Waals surface area contributed by atoms with Crippen molar-refractivity contribution in [3.8, 4) is 0 Å². The molecule has 0 unspecified atom stereocenters. The van der Waals surface area contributed by atoms with Gasteiger partial charge < -0.3 is 5.32 Å². The van der Waals surface area contributed by atoms with Crippen LogP contribution in [0.15, 0.2) is 42.6 Å². The number of aromatic nitrogens is 1. The summed E-state index contributed by atoms with van der Waals surface area (Å²) in [5.41, 5.74) is 2.34. The largest absolute Gasteiger partial charge is 0.366 e. The van der Waals surface area contributed by atoms with E-state index in [1.807, 2.05) is 25.1 Å². The third-order valence-corrected chi connectivity index (χ3v) is 2.51. The van der Waals surface area contributed by atoms with Crippen molar-refractivity contribution in [2.75, 3.05) is 5.32 Å². The molecular formula is C13H13N3O2. The number of nitrogens with one attached hydrogen (secondary N) is 1. The normalized spacial score (nSPS) is 10.1. The lowest BCUT2D eigenvalue weighted by molar-refractivity contribution is -0.385. The molecule has 0 fully saturated rings. The predicted molar refractivity (Wildman–Crippen MR) is 69.4 cm³/mol. The Hall–Kier alpha value is -2.43. The highest BCUT2D eigenvalue weighted by atomic mass is 16.6. The van der Waals surface area contributed by atoms with Gasteiger partial charge in [-0.15, -0.1) is 0 Å². The van der Waals surface area contributed by atoms with Gasteiger partial charge in [-0.1, -0.05) is 29.8 Å². The maximum Gasteiger partial charge on any atom is 0.287 e. The van der Waals surface area contributed by atoms with E-state index < -0.39 is 4.92 Å². The molecule has 0 atom stereocenters. The van der Waals surface area contributed by atoms with Crippen LogP contribution in [0.5, 0.6) is 0 Å². The van der Waals surface area contributed by atoms with Gasteiger partial charge in [0.25, 0.3) is 5.69 Å². The van der Waals surface area contributed by atoms with E-state index in [0.717, 1.165) is 5.56 Å². The van der Waals surface area contributed by atoms with Crippen molar-refractivity contribution in [2.24, 2.45) is 0 Å². The molecule has 1 aromatic carbocycles. The molecule has 0 bridgehead atoms. The zero-order valence-corrected chi connectivity index (χ0v) is 9.96. The molecule has 0 radical (unpaired) electrons. The van der Waals surface area contributed by atoms with Gasteiger partial charge in [-0.3, -0.25) is 10.1 Å². The number of anilines is 1. The van der Waals surface area contributed by atoms with Gasteiger partial charge in [-0.2, -0.15) is 0 Å². The summed E-state index contributed by atoms with van der Waals surface area (Å²) in [6.45, 7) is 2.68. The van der Waals surface area contributed by atoms with Crippen molar-refractivity contribution in [3.63, 3.8) is 0 Å². The molecule has 5 nitrogen and oxygen atoms in total. The fraction of sp³-hybridized carbons (Fsp3) is 0.154. The number of rotatable bonds is 4. The van der Waals surface area contributed by atoms with Crippen LogP contribution in [-0.4, -0.2) is 9.91 Å². The number of pyridine rings is 1. The molecule has 5 heteroatoms. The van der Waals surface area contributed by atoms with Gasteiger partial charge >= 0.3 is 0 Å². The van der Waals surface area contributed by atoms with Gasteiger partial charge in [0.05, 0.1) is 4.92 Å². The Kier molecular flexibility index (Phi) is 3.52. The maximum absolute atomic E-state index is 10.5. The van der Waals surface area contributed by atoms with Crippen LogP contribution in [0.2, 0.25) is 0 Å². The van der Waals surface area contributed by atoms with E-state index in [1.165, 1.54) is 17.8 Å². The first-order chi connectivity index (χ1) is 8.65. The summed E-state index contributed by atoms with van der Waals surface area (Å²) in [5, 5.41) is 13.6. The summed E-state index contributed by atoms with van der Waals surface area (Å²) in [5.74, 6) is 0.627. The lowest BCUT2D eigenvalue weighted by Crippen LogP contribution is -2.01. The maximum atomic E-state index is 10.5. The molecule has 0 saturated heterocycles. The number of hydrogen-bond acceptors (Lipinski definition) is 4. The van der Waals surface area contributed by atoms with Crippen molar-refractivity contribution in [2.45, 2.75) is 13.5 Å². The molecule has 0 amide bonds. The zero-order valence-electron chi connectivity index (χ0n) is 9.96. The Morgan fingerprint density at radius 2 is 2.17 bits per heavy atom. The quantitative estimate of drug-likeness (QED) is 0.662. The van der Waals surface area contributed by atoms with Crippen LogP contribution >= 0.6 is 0 Å². The van der Waals surface area contributed by atoms with E-state index in [9.17, 15) is 10.1 Å². The Balaban J connectivity index is 2.00. The molecule has 2 rings (SSSR count). The van der Waals surface area contributed by atoms with E-state index in [2.05, 4.69) is 16.4 Å². The monoisotopic (exact) mass is 243 g/mol. The molecular weight excluding hydrogens is 230 g/mol. The lowest BCUT2D eigenvalue weighted by atomic mass is 10.1. The molecule has 2 aromatic rings. The second kappa shape index (κ2) is 5.27. The minimum absolute atomic E-state index is 0.00361. The Bertz CT molecular complexity index is 552. The van der Waals surface area contributed by atoms with Crippen molar-refractivity contribution in [3.05, 3.63) is 63.8 Å². The lowest BCUT2D eigenvalue weighted by Gasteiger charge is -2.05. The summed E-state index contributed by atoms with van der Waals surface area (Å²) < 4.78 is 0. The highest BCUT2D eigenvalue weighted by molar-refractivity contribution is 5.40. The predicted octanol–water partition coefficient (Wildman–Crippen LogP) is 2.91. The van der Waals surface area contributed by atoms with Crippen LogP contribution in [0, 0.1) is 17.0 Å². The van der Waals surface area contributed by atoms with Crippen molar-refractivity contribution < 1.29 is 4.92 Å². The van der Waals surface area contributed by atoms with Gasteiger partial charge in [0.15, 0.2) is 0 Å². The number of nitro groups is 1. The number of nitrogens with zero attached hydrogens (tertiary/aromatic N) is 2. The number of aryl methyl sites for hydroxylation is 1. The van der Waals surface area contributed by atoms with E-state index in [1.54, 1.807) is 6.07 Å². The molecule has 18 heavy (non-hydrogen) atoms. The number of benzene rings is 1. The van der Waals surface area contributed by atoms with E-state index in [-0.39, 0.29) is 5.69 Å². The first-order valence-electron chi connectivity index (χ1n) is 5.55. The summed E-state index contributed by atoms with van der Waals surface area (Å²) in [7, 11) is 0. The highest BCUT2D eigenvalue weighted by Crippen LogP contribution is 2.13. The first kappa shape index (κ1) is 12.0. The van der Waals surface area contributed by atoms with Crippen LogP contribution in [0.4, 0.5) is 11.5 Å². The summed E-state index contributed by atoms with van der Waals surface area (Å²) in [6.07, 6.45) is 1.25. The molecule has 1 heterocycles. The average molecular weight is 243 g/mol. The minimum Gasteiger partial charge on any atom is -0.366 e. The second-order valence-corrected chi connectivity index (χ2v) is 4.00. The highest BCUT2D eigenvalue weighted by Gasteiger charge is 2.04. The third kappa shape index (κ3) is 3.04. The van der Waals surface area contributed by atoms with Gasteiger partial charge in [0, 0.05) is 12.6 Å². The fourth-order valence-electron chi connectivity index (χ4n) is 1.61. The van der Waals surface area contributed by atoms with Gasteiger partial charge in [0.1, 0.15) is 12.0 Å². The van der Waals surface area contributed by atoms with E-state index >= 15 is 0 Å². The van der Waals surface area contributed by atoms with Gasteiger partial charge in [-0.25, -0.2) is 4.98 Å². The Morgan fingerprint density at radius 3 is 2.78 bits per heavy atom. The van der Waals surface area contributed by atoms with Crippen LogP contribution in [0.1, 0.15) is 11.1 Å². The second-order valence-electron chi connectivity index (χ2n) is 4.00. The minimum atomic E-state index is -0.461. The fourth-order valence-corrected chi connectivity index (χ4v) is 1.61. The van der Waals surface area contributed by atoms with Crippen LogP contribution in [-0.2, 0) is 6.54 Å². The van der Waals surface area contributed by atoms with Crippen molar-refractivity contribution in [1.82, 2.24) is 4.98 Å². The zero-order chi connectivity index (χ0) is 13.0. The Morgan fingerprint density at radius 1 is 1.33 bits per heavy atom. The molecule has 0 saturated carbocycles. The van der Waals surface area contributed by atoms with Gasteiger partial charge in [-0.05, 0) is 18.6 Å². The standard InChI is InChI=1S/C13H13N3O2/c1-10-3-2-4-11(7-10)8-14-13-6-5-12(9-15-13)16(17)18/h2-7,9H,8H2,1H3,(H,14,15). The first-order valence-corrected chi connectivity index (χ1v) is 5.55. The van der Waals surface area contributed by atoms with Gasteiger partial charge in [0.2, 0.25) is 0 Å². The van der Waals surface area contributed by atoms with Crippen LogP contribution in [0.25, 0.3) is 0 Å². The molecule has 1 aromatic heterocycles. The molecule has 1 N–H and O–H groups in total. The van der Waals surface area contributed by atoms with Crippen LogP contribution in [0.3, 0.4) is 0 Å². The summed E-state index contributed by atoms with van der Waals surface area (Å²) >= 11 is 0. The van der Waals surface area contributed by atoms with E-state index in [4.69, 9.17) is 0 Å². The number of hydrogen-bond donors (Lipinski definition) is 1. The van der Waals surface area contributed by atoms with E-state index in [0.29, 0.717) is 12.4 Å². The Labute approximate surface area is 105 Å². The summed E-state index contributed by atoms with van der Waals surface area (Å²) in [6, 6.07) is 11.2. The van der Waals surface area contributed by atoms with Crippen molar-refractivity contribution in [1.29, 1.82) is 0 Å².